The number of para-hydroxylation sites is 1. The lowest BCUT2D eigenvalue weighted by Crippen LogP contribution is -2.27. The molecule has 3 nitrogen and oxygen atoms in total. The Morgan fingerprint density at radius 1 is 1.50 bits per heavy atom. The number of carbonyl (C=O) groups is 1. The molecule has 0 saturated carbocycles. The minimum absolute atomic E-state index is 0.0291. The van der Waals surface area contributed by atoms with Gasteiger partial charge in [-0.15, -0.1) is 6.58 Å². The highest BCUT2D eigenvalue weighted by Crippen LogP contribution is 2.19. The Morgan fingerprint density at radius 3 is 3.06 bits per heavy atom. The first-order valence-electron chi connectivity index (χ1n) is 6.42. The van der Waals surface area contributed by atoms with Gasteiger partial charge in [-0.1, -0.05) is 24.3 Å². The largest absolute Gasteiger partial charge is 0.368 e. The molecule has 0 bridgehead atoms. The molecule has 1 aromatic rings. The standard InChI is InChI=1S/C15H19NO2/c1-2-3-7-12-8-4-5-9-13(12)16-15(17)14-10-6-11-18-14/h2,4-5,8-9,14H,1,3,6-7,10-11H2,(H,16,17). The summed E-state index contributed by atoms with van der Waals surface area (Å²) in [4.78, 5) is 12.0. The lowest BCUT2D eigenvalue weighted by Gasteiger charge is -2.13. The fourth-order valence-corrected chi connectivity index (χ4v) is 2.12. The fraction of sp³-hybridized carbons (Fsp3) is 0.400. The minimum atomic E-state index is -0.280. The molecule has 1 saturated heterocycles. The first-order valence-corrected chi connectivity index (χ1v) is 6.42. The number of allylic oxidation sites excluding steroid dienone is 1. The number of rotatable bonds is 5. The Bertz CT molecular complexity index is 422. The van der Waals surface area contributed by atoms with Gasteiger partial charge >= 0.3 is 0 Å². The molecular weight excluding hydrogens is 226 g/mol. The van der Waals surface area contributed by atoms with Crippen LogP contribution in [-0.4, -0.2) is 18.6 Å². The predicted molar refractivity (Wildman–Crippen MR) is 72.6 cm³/mol. The lowest BCUT2D eigenvalue weighted by molar-refractivity contribution is -0.124. The van der Waals surface area contributed by atoms with E-state index in [1.807, 2.05) is 30.3 Å². The molecule has 1 N–H and O–H groups in total. The molecule has 3 heteroatoms. The Kier molecular flexibility index (Phi) is 4.53. The van der Waals surface area contributed by atoms with Crippen molar-refractivity contribution in [2.24, 2.45) is 0 Å². The lowest BCUT2D eigenvalue weighted by atomic mass is 10.1. The maximum atomic E-state index is 12.0. The second-order valence-corrected chi connectivity index (χ2v) is 4.48. The topological polar surface area (TPSA) is 38.3 Å². The summed E-state index contributed by atoms with van der Waals surface area (Å²) >= 11 is 0. The van der Waals surface area contributed by atoms with Crippen LogP contribution in [0.15, 0.2) is 36.9 Å². The quantitative estimate of drug-likeness (QED) is 0.810. The van der Waals surface area contributed by atoms with E-state index in [4.69, 9.17) is 4.74 Å². The Hall–Kier alpha value is -1.61. The second kappa shape index (κ2) is 6.36. The fourth-order valence-electron chi connectivity index (χ4n) is 2.12. The monoisotopic (exact) mass is 245 g/mol. The van der Waals surface area contributed by atoms with Crippen molar-refractivity contribution in [3.8, 4) is 0 Å². The van der Waals surface area contributed by atoms with Crippen molar-refractivity contribution in [1.29, 1.82) is 0 Å². The summed E-state index contributed by atoms with van der Waals surface area (Å²) in [5, 5.41) is 2.96. The normalized spacial score (nSPS) is 18.6. The zero-order valence-corrected chi connectivity index (χ0v) is 10.5. The van der Waals surface area contributed by atoms with Crippen LogP contribution < -0.4 is 5.32 Å². The molecule has 0 radical (unpaired) electrons. The van der Waals surface area contributed by atoms with E-state index in [-0.39, 0.29) is 12.0 Å². The molecule has 0 aromatic heterocycles. The SMILES string of the molecule is C=CCCc1ccccc1NC(=O)C1CCCO1. The average Bonchev–Trinajstić information content (AvgIpc) is 2.91. The molecule has 1 aliphatic rings. The van der Waals surface area contributed by atoms with Gasteiger partial charge in [-0.25, -0.2) is 0 Å². The third kappa shape index (κ3) is 3.20. The molecule has 1 atom stereocenters. The maximum absolute atomic E-state index is 12.0. The molecular formula is C15H19NO2. The van der Waals surface area contributed by atoms with Crippen LogP contribution in [0, 0.1) is 0 Å². The Labute approximate surface area is 108 Å². The Balaban J connectivity index is 2.03. The summed E-state index contributed by atoms with van der Waals surface area (Å²) < 4.78 is 5.38. The van der Waals surface area contributed by atoms with Crippen molar-refractivity contribution in [3.05, 3.63) is 42.5 Å². The molecule has 1 unspecified atom stereocenters. The molecule has 1 aliphatic heterocycles. The van der Waals surface area contributed by atoms with Crippen molar-refractivity contribution in [2.45, 2.75) is 31.8 Å². The van der Waals surface area contributed by atoms with Gasteiger partial charge < -0.3 is 10.1 Å². The molecule has 1 aromatic carbocycles. The number of carbonyl (C=O) groups excluding carboxylic acids is 1. The second-order valence-electron chi connectivity index (χ2n) is 4.48. The summed E-state index contributed by atoms with van der Waals surface area (Å²) in [6.07, 6.45) is 5.20. The highest BCUT2D eigenvalue weighted by molar-refractivity contribution is 5.94. The van der Waals surface area contributed by atoms with Crippen LogP contribution in [0.2, 0.25) is 0 Å². The van der Waals surface area contributed by atoms with Gasteiger partial charge in [-0.3, -0.25) is 4.79 Å². The average molecular weight is 245 g/mol. The highest BCUT2D eigenvalue weighted by Gasteiger charge is 2.23. The molecule has 0 spiro atoms. The molecule has 96 valence electrons. The van der Waals surface area contributed by atoms with Crippen LogP contribution in [0.5, 0.6) is 0 Å². The first kappa shape index (κ1) is 12.8. The van der Waals surface area contributed by atoms with Gasteiger partial charge in [0.05, 0.1) is 0 Å². The number of amides is 1. The van der Waals surface area contributed by atoms with Crippen LogP contribution in [-0.2, 0) is 16.0 Å². The summed E-state index contributed by atoms with van der Waals surface area (Å²) in [5.74, 6) is -0.0291. The van der Waals surface area contributed by atoms with E-state index in [1.165, 1.54) is 0 Å². The van der Waals surface area contributed by atoms with E-state index < -0.39 is 0 Å². The number of hydrogen-bond acceptors (Lipinski definition) is 2. The smallest absolute Gasteiger partial charge is 0.253 e. The van der Waals surface area contributed by atoms with Crippen LogP contribution in [0.4, 0.5) is 5.69 Å². The van der Waals surface area contributed by atoms with Crippen molar-refractivity contribution in [1.82, 2.24) is 0 Å². The predicted octanol–water partition coefficient (Wildman–Crippen LogP) is 2.92. The summed E-state index contributed by atoms with van der Waals surface area (Å²) in [6.45, 7) is 4.41. The van der Waals surface area contributed by atoms with E-state index in [0.717, 1.165) is 36.9 Å². The zero-order valence-electron chi connectivity index (χ0n) is 10.5. The molecule has 1 heterocycles. The summed E-state index contributed by atoms with van der Waals surface area (Å²) in [6, 6.07) is 7.89. The van der Waals surface area contributed by atoms with Gasteiger partial charge in [-0.05, 0) is 37.3 Å². The summed E-state index contributed by atoms with van der Waals surface area (Å²) in [5.41, 5.74) is 2.03. The number of nitrogens with one attached hydrogen (secondary N) is 1. The van der Waals surface area contributed by atoms with Gasteiger partial charge in [-0.2, -0.15) is 0 Å². The highest BCUT2D eigenvalue weighted by atomic mass is 16.5. The van der Waals surface area contributed by atoms with Crippen molar-refractivity contribution < 1.29 is 9.53 Å². The van der Waals surface area contributed by atoms with E-state index in [9.17, 15) is 4.79 Å². The Morgan fingerprint density at radius 2 is 2.33 bits per heavy atom. The first-order chi connectivity index (χ1) is 8.81. The van der Waals surface area contributed by atoms with Gasteiger partial charge in [0.2, 0.25) is 0 Å². The summed E-state index contributed by atoms with van der Waals surface area (Å²) in [7, 11) is 0. The molecule has 1 amide bonds. The van der Waals surface area contributed by atoms with Crippen molar-refractivity contribution >= 4 is 11.6 Å². The van der Waals surface area contributed by atoms with Crippen LogP contribution in [0.3, 0.4) is 0 Å². The number of benzene rings is 1. The van der Waals surface area contributed by atoms with Crippen molar-refractivity contribution in [2.75, 3.05) is 11.9 Å². The van der Waals surface area contributed by atoms with Gasteiger partial charge in [0, 0.05) is 12.3 Å². The van der Waals surface area contributed by atoms with E-state index in [1.54, 1.807) is 0 Å². The molecule has 1 fully saturated rings. The molecule has 2 rings (SSSR count). The van der Waals surface area contributed by atoms with Gasteiger partial charge in [0.15, 0.2) is 0 Å². The third-order valence-corrected chi connectivity index (χ3v) is 3.12. The van der Waals surface area contributed by atoms with Crippen LogP contribution in [0.1, 0.15) is 24.8 Å². The van der Waals surface area contributed by atoms with Gasteiger partial charge in [0.25, 0.3) is 5.91 Å². The van der Waals surface area contributed by atoms with Crippen LogP contribution in [0.25, 0.3) is 0 Å². The van der Waals surface area contributed by atoms with E-state index in [2.05, 4.69) is 11.9 Å². The van der Waals surface area contributed by atoms with Crippen LogP contribution >= 0.6 is 0 Å². The minimum Gasteiger partial charge on any atom is -0.368 e. The molecule has 0 aliphatic carbocycles. The number of anilines is 1. The van der Waals surface area contributed by atoms with Gasteiger partial charge in [0.1, 0.15) is 6.10 Å². The maximum Gasteiger partial charge on any atom is 0.253 e. The third-order valence-electron chi connectivity index (χ3n) is 3.12. The van der Waals surface area contributed by atoms with E-state index >= 15 is 0 Å². The zero-order chi connectivity index (χ0) is 12.8. The number of hydrogen-bond donors (Lipinski definition) is 1. The molecule has 18 heavy (non-hydrogen) atoms. The van der Waals surface area contributed by atoms with E-state index in [0.29, 0.717) is 6.61 Å². The number of aryl methyl sites for hydroxylation is 1. The van der Waals surface area contributed by atoms with Crippen molar-refractivity contribution in [3.63, 3.8) is 0 Å². The number of ether oxygens (including phenoxy) is 1.